The van der Waals surface area contributed by atoms with Gasteiger partial charge in [-0.1, -0.05) is 42.5 Å². The van der Waals surface area contributed by atoms with Gasteiger partial charge in [-0.05, 0) is 42.6 Å². The van der Waals surface area contributed by atoms with E-state index < -0.39 is 12.1 Å². The van der Waals surface area contributed by atoms with Crippen molar-refractivity contribution in [2.75, 3.05) is 33.4 Å². The van der Waals surface area contributed by atoms with E-state index in [1.807, 2.05) is 42.5 Å². The Labute approximate surface area is 208 Å². The Bertz CT molecular complexity index is 1000. The molecule has 36 heavy (non-hydrogen) atoms. The lowest BCUT2D eigenvalue weighted by atomic mass is 9.77. The van der Waals surface area contributed by atoms with Crippen molar-refractivity contribution in [1.82, 2.24) is 10.2 Å². The smallest absolute Gasteiger partial charge is 0.490 e. The number of carbonyl (C=O) groups is 2. The molecule has 2 aromatic carbocycles. The Hall–Kier alpha value is -3.11. The van der Waals surface area contributed by atoms with Gasteiger partial charge < -0.3 is 19.9 Å². The van der Waals surface area contributed by atoms with Crippen molar-refractivity contribution in [3.63, 3.8) is 0 Å². The number of halogens is 3. The first kappa shape index (κ1) is 27.5. The number of nitrogens with zero attached hydrogens (tertiary/aromatic N) is 1. The maximum absolute atomic E-state index is 12.7. The molecule has 2 atom stereocenters. The summed E-state index contributed by atoms with van der Waals surface area (Å²) in [7, 11) is 1.69. The van der Waals surface area contributed by atoms with Crippen LogP contribution < -0.4 is 10.1 Å². The van der Waals surface area contributed by atoms with Gasteiger partial charge in [-0.25, -0.2) is 4.79 Å². The second kappa shape index (κ2) is 12.2. The van der Waals surface area contributed by atoms with Crippen LogP contribution in [0.3, 0.4) is 0 Å². The van der Waals surface area contributed by atoms with Crippen molar-refractivity contribution in [1.29, 1.82) is 0 Å². The number of methoxy groups -OCH3 is 1. The number of benzene rings is 2. The van der Waals surface area contributed by atoms with Crippen LogP contribution in [0.15, 0.2) is 54.6 Å². The SMILES string of the molecule is COc1ccc(CN2CCC3(COCCC3NC(=O)Cc3ccccc3)C2)cc1.O=C(O)C(F)(F)F. The maximum Gasteiger partial charge on any atom is 0.490 e. The summed E-state index contributed by atoms with van der Waals surface area (Å²) in [6.07, 6.45) is -2.71. The van der Waals surface area contributed by atoms with Crippen LogP contribution in [0.4, 0.5) is 13.2 Å². The molecule has 2 heterocycles. The second-order valence-electron chi connectivity index (χ2n) is 9.10. The number of carboxylic acids is 1. The Morgan fingerprint density at radius 1 is 1.14 bits per heavy atom. The molecule has 2 fully saturated rings. The lowest BCUT2D eigenvalue weighted by Gasteiger charge is -2.41. The number of carboxylic acid groups (broad SMARTS) is 1. The first-order valence-electron chi connectivity index (χ1n) is 11.7. The van der Waals surface area contributed by atoms with E-state index in [0.717, 1.165) is 57.0 Å². The predicted octanol–water partition coefficient (Wildman–Crippen LogP) is 3.67. The van der Waals surface area contributed by atoms with Gasteiger partial charge in [-0.15, -0.1) is 0 Å². The van der Waals surface area contributed by atoms with Crippen LogP contribution in [0.2, 0.25) is 0 Å². The zero-order valence-corrected chi connectivity index (χ0v) is 20.1. The molecule has 0 saturated carbocycles. The predicted molar refractivity (Wildman–Crippen MR) is 127 cm³/mol. The van der Waals surface area contributed by atoms with E-state index in [2.05, 4.69) is 22.3 Å². The van der Waals surface area contributed by atoms with Crippen LogP contribution in [-0.2, 0) is 27.3 Å². The fourth-order valence-corrected chi connectivity index (χ4v) is 4.65. The average Bonchev–Trinajstić information content (AvgIpc) is 3.24. The number of hydrogen-bond donors (Lipinski definition) is 2. The van der Waals surface area contributed by atoms with Gasteiger partial charge in [-0.2, -0.15) is 13.2 Å². The fraction of sp³-hybridized carbons (Fsp3) is 0.462. The maximum atomic E-state index is 12.7. The summed E-state index contributed by atoms with van der Waals surface area (Å²) < 4.78 is 42.9. The summed E-state index contributed by atoms with van der Waals surface area (Å²) in [6.45, 7) is 4.34. The number of nitrogens with one attached hydrogen (secondary N) is 1. The highest BCUT2D eigenvalue weighted by atomic mass is 19.4. The third kappa shape index (κ3) is 7.69. The van der Waals surface area contributed by atoms with Crippen LogP contribution in [0, 0.1) is 5.41 Å². The van der Waals surface area contributed by atoms with Crippen molar-refractivity contribution in [3.8, 4) is 5.75 Å². The molecular formula is C26H31F3N2O5. The molecule has 0 bridgehead atoms. The number of hydrogen-bond acceptors (Lipinski definition) is 5. The highest BCUT2D eigenvalue weighted by molar-refractivity contribution is 5.79. The van der Waals surface area contributed by atoms with Crippen LogP contribution >= 0.6 is 0 Å². The zero-order chi connectivity index (χ0) is 26.2. The van der Waals surface area contributed by atoms with Crippen molar-refractivity contribution >= 4 is 11.9 Å². The molecule has 2 unspecified atom stereocenters. The van der Waals surface area contributed by atoms with Crippen molar-refractivity contribution in [2.45, 2.75) is 38.0 Å². The number of amides is 1. The lowest BCUT2D eigenvalue weighted by Crippen LogP contribution is -2.55. The largest absolute Gasteiger partial charge is 0.497 e. The van der Waals surface area contributed by atoms with E-state index in [0.29, 0.717) is 6.42 Å². The van der Waals surface area contributed by atoms with Gasteiger partial charge in [0.2, 0.25) is 5.91 Å². The molecule has 2 saturated heterocycles. The molecule has 1 amide bonds. The Kier molecular flexibility index (Phi) is 9.33. The zero-order valence-electron chi connectivity index (χ0n) is 20.1. The third-order valence-corrected chi connectivity index (χ3v) is 6.49. The molecule has 0 radical (unpaired) electrons. The molecule has 2 aliphatic heterocycles. The van der Waals surface area contributed by atoms with E-state index in [4.69, 9.17) is 19.4 Å². The monoisotopic (exact) mass is 508 g/mol. The molecule has 0 aliphatic carbocycles. The summed E-state index contributed by atoms with van der Waals surface area (Å²) in [5, 5.41) is 10.5. The quantitative estimate of drug-likeness (QED) is 0.619. The highest BCUT2D eigenvalue weighted by Gasteiger charge is 2.47. The number of likely N-dealkylation sites (tertiary alicyclic amines) is 1. The van der Waals surface area contributed by atoms with Crippen LogP contribution in [0.25, 0.3) is 0 Å². The van der Waals surface area contributed by atoms with Gasteiger partial charge in [0.05, 0.1) is 20.1 Å². The van der Waals surface area contributed by atoms with E-state index >= 15 is 0 Å². The Balaban J connectivity index is 0.000000454. The molecule has 10 heteroatoms. The Morgan fingerprint density at radius 2 is 1.81 bits per heavy atom. The minimum atomic E-state index is -5.08. The number of ether oxygens (including phenoxy) is 2. The molecule has 196 valence electrons. The van der Waals surface area contributed by atoms with E-state index in [1.165, 1.54) is 5.56 Å². The summed E-state index contributed by atoms with van der Waals surface area (Å²) in [4.78, 5) is 24.1. The van der Waals surface area contributed by atoms with Gasteiger partial charge in [-0.3, -0.25) is 9.69 Å². The number of aliphatic carboxylic acids is 1. The molecule has 2 N–H and O–H groups in total. The number of alkyl halides is 3. The van der Waals surface area contributed by atoms with Crippen LogP contribution in [0.1, 0.15) is 24.0 Å². The molecule has 2 aliphatic rings. The molecule has 4 rings (SSSR count). The van der Waals surface area contributed by atoms with E-state index in [1.54, 1.807) is 7.11 Å². The first-order valence-corrected chi connectivity index (χ1v) is 11.7. The molecule has 1 spiro atoms. The topological polar surface area (TPSA) is 88.1 Å². The van der Waals surface area contributed by atoms with Gasteiger partial charge in [0.15, 0.2) is 0 Å². The summed E-state index contributed by atoms with van der Waals surface area (Å²) in [6, 6.07) is 18.4. The average molecular weight is 509 g/mol. The highest BCUT2D eigenvalue weighted by Crippen LogP contribution is 2.39. The lowest BCUT2D eigenvalue weighted by molar-refractivity contribution is -0.192. The second-order valence-corrected chi connectivity index (χ2v) is 9.10. The minimum Gasteiger partial charge on any atom is -0.497 e. The fourth-order valence-electron chi connectivity index (χ4n) is 4.65. The standard InChI is InChI=1S/C24H30N2O3.C2HF3O2/c1-28-21-9-7-20(8-10-21)16-26-13-12-24(17-26)18-29-14-11-22(24)25-23(27)15-19-5-3-2-4-6-19;3-2(4,5)1(6)7/h2-10,22H,11-18H2,1H3,(H,25,27);(H,6,7). The van der Waals surface area contributed by atoms with Crippen molar-refractivity contribution < 1.29 is 37.3 Å². The van der Waals surface area contributed by atoms with Gasteiger partial charge in [0, 0.05) is 31.2 Å². The number of rotatable bonds is 6. The van der Waals surface area contributed by atoms with Crippen molar-refractivity contribution in [3.05, 3.63) is 65.7 Å². The van der Waals surface area contributed by atoms with Crippen LogP contribution in [-0.4, -0.2) is 67.5 Å². The molecule has 2 aromatic rings. The summed E-state index contributed by atoms with van der Waals surface area (Å²) in [5.41, 5.74) is 2.35. The van der Waals surface area contributed by atoms with Gasteiger partial charge in [0.1, 0.15) is 5.75 Å². The molecular weight excluding hydrogens is 477 g/mol. The molecule has 7 nitrogen and oxygen atoms in total. The van der Waals surface area contributed by atoms with E-state index in [-0.39, 0.29) is 17.4 Å². The van der Waals surface area contributed by atoms with Gasteiger partial charge >= 0.3 is 12.1 Å². The van der Waals surface area contributed by atoms with Crippen LogP contribution in [0.5, 0.6) is 5.75 Å². The minimum absolute atomic E-state index is 0.0110. The van der Waals surface area contributed by atoms with E-state index in [9.17, 15) is 18.0 Å². The third-order valence-electron chi connectivity index (χ3n) is 6.49. The summed E-state index contributed by atoms with van der Waals surface area (Å²) in [5.74, 6) is -1.77. The normalized spacial score (nSPS) is 21.9. The Morgan fingerprint density at radius 3 is 2.42 bits per heavy atom. The van der Waals surface area contributed by atoms with Crippen molar-refractivity contribution in [2.24, 2.45) is 5.41 Å². The molecule has 0 aromatic heterocycles. The van der Waals surface area contributed by atoms with Gasteiger partial charge in [0.25, 0.3) is 0 Å². The number of carbonyl (C=O) groups excluding carboxylic acids is 1. The first-order chi connectivity index (χ1) is 17.1. The summed E-state index contributed by atoms with van der Waals surface area (Å²) >= 11 is 0.